The van der Waals surface area contributed by atoms with Crippen molar-refractivity contribution < 1.29 is 4.52 Å². The summed E-state index contributed by atoms with van der Waals surface area (Å²) in [6.07, 6.45) is 4.65. The van der Waals surface area contributed by atoms with Crippen LogP contribution in [0.4, 0.5) is 5.82 Å². The maximum Gasteiger partial charge on any atom is 0.263 e. The first-order chi connectivity index (χ1) is 10.3. The molecule has 0 saturated carbocycles. The number of rotatable bonds is 2. The van der Waals surface area contributed by atoms with Crippen LogP contribution < -0.4 is 5.73 Å². The van der Waals surface area contributed by atoms with E-state index in [1.165, 1.54) is 11.1 Å². The van der Waals surface area contributed by atoms with Crippen LogP contribution in [0, 0.1) is 0 Å². The van der Waals surface area contributed by atoms with E-state index in [2.05, 4.69) is 44.6 Å². The van der Waals surface area contributed by atoms with Crippen molar-refractivity contribution in [3.8, 4) is 11.5 Å². The molecular formula is C15H15N5O. The topological polar surface area (TPSA) is 93.6 Å². The van der Waals surface area contributed by atoms with Crippen molar-refractivity contribution in [3.05, 3.63) is 47.4 Å². The van der Waals surface area contributed by atoms with Crippen LogP contribution in [0.5, 0.6) is 0 Å². The molecule has 6 heteroatoms. The molecule has 1 aliphatic carbocycles. The second-order valence-corrected chi connectivity index (χ2v) is 5.36. The number of hydrogen-bond donors (Lipinski definition) is 2. The van der Waals surface area contributed by atoms with Gasteiger partial charge in [0, 0.05) is 5.92 Å². The summed E-state index contributed by atoms with van der Waals surface area (Å²) in [4.78, 5) is 4.49. The van der Waals surface area contributed by atoms with Gasteiger partial charge in [0.2, 0.25) is 0 Å². The number of nitrogens with two attached hydrogens (primary N) is 1. The van der Waals surface area contributed by atoms with Gasteiger partial charge in [-0.1, -0.05) is 29.4 Å². The maximum absolute atomic E-state index is 5.78. The van der Waals surface area contributed by atoms with Gasteiger partial charge in [-0.15, -0.1) is 0 Å². The van der Waals surface area contributed by atoms with E-state index in [-0.39, 0.29) is 0 Å². The van der Waals surface area contributed by atoms with Gasteiger partial charge in [-0.25, -0.2) is 0 Å². The molecule has 0 saturated heterocycles. The third-order valence-corrected chi connectivity index (χ3v) is 4.05. The third-order valence-electron chi connectivity index (χ3n) is 4.05. The molecule has 1 unspecified atom stereocenters. The van der Waals surface area contributed by atoms with Gasteiger partial charge in [0.05, 0.1) is 6.20 Å². The predicted octanol–water partition coefficient (Wildman–Crippen LogP) is 2.31. The molecule has 2 aromatic heterocycles. The summed E-state index contributed by atoms with van der Waals surface area (Å²) < 4.78 is 5.33. The smallest absolute Gasteiger partial charge is 0.263 e. The standard InChI is InChI=1S/C15H15N5O/c16-13-12(8-17-19-13)15-18-14(20-21-15)11-6-5-9-3-1-2-4-10(9)7-11/h1-4,8,11H,5-7H2,(H3,16,17,19). The van der Waals surface area contributed by atoms with E-state index in [1.807, 2.05) is 0 Å². The number of nitrogen functional groups attached to an aromatic ring is 1. The summed E-state index contributed by atoms with van der Waals surface area (Å²) in [5, 5.41) is 10.7. The number of H-pyrrole nitrogens is 1. The summed E-state index contributed by atoms with van der Waals surface area (Å²) >= 11 is 0. The van der Waals surface area contributed by atoms with E-state index in [4.69, 9.17) is 10.3 Å². The second-order valence-electron chi connectivity index (χ2n) is 5.36. The van der Waals surface area contributed by atoms with Crippen LogP contribution in [-0.4, -0.2) is 20.3 Å². The minimum Gasteiger partial charge on any atom is -0.383 e. The van der Waals surface area contributed by atoms with Crippen LogP contribution in [0.1, 0.15) is 29.3 Å². The molecule has 0 fully saturated rings. The Balaban J connectivity index is 1.61. The lowest BCUT2D eigenvalue weighted by Crippen LogP contribution is -2.13. The minimum absolute atomic E-state index is 0.297. The monoisotopic (exact) mass is 281 g/mol. The SMILES string of the molecule is Nc1[nH]ncc1-c1nc(C2CCc3ccccc3C2)no1. The fourth-order valence-electron chi connectivity index (χ4n) is 2.89. The zero-order valence-corrected chi connectivity index (χ0v) is 11.4. The molecule has 21 heavy (non-hydrogen) atoms. The van der Waals surface area contributed by atoms with Crippen LogP contribution in [-0.2, 0) is 12.8 Å². The summed E-state index contributed by atoms with van der Waals surface area (Å²) in [6, 6.07) is 8.54. The zero-order chi connectivity index (χ0) is 14.2. The highest BCUT2D eigenvalue weighted by Crippen LogP contribution is 2.32. The molecule has 1 atom stereocenters. The minimum atomic E-state index is 0.297. The van der Waals surface area contributed by atoms with Gasteiger partial charge < -0.3 is 10.3 Å². The Bertz CT molecular complexity index is 776. The van der Waals surface area contributed by atoms with Gasteiger partial charge in [0.25, 0.3) is 5.89 Å². The Morgan fingerprint density at radius 2 is 2.10 bits per heavy atom. The molecule has 1 aliphatic rings. The highest BCUT2D eigenvalue weighted by atomic mass is 16.5. The van der Waals surface area contributed by atoms with Gasteiger partial charge in [-0.3, -0.25) is 5.10 Å². The Labute approximate surface area is 121 Å². The van der Waals surface area contributed by atoms with Gasteiger partial charge in [0.1, 0.15) is 11.4 Å². The summed E-state index contributed by atoms with van der Waals surface area (Å²) in [7, 11) is 0. The first-order valence-corrected chi connectivity index (χ1v) is 7.01. The average Bonchev–Trinajstić information content (AvgIpc) is 3.15. The van der Waals surface area contributed by atoms with E-state index in [0.717, 1.165) is 25.1 Å². The molecule has 2 heterocycles. The van der Waals surface area contributed by atoms with Crippen LogP contribution in [0.3, 0.4) is 0 Å². The van der Waals surface area contributed by atoms with E-state index in [0.29, 0.717) is 23.2 Å². The predicted molar refractivity (Wildman–Crippen MR) is 77.5 cm³/mol. The quantitative estimate of drug-likeness (QED) is 0.751. The van der Waals surface area contributed by atoms with Crippen LogP contribution >= 0.6 is 0 Å². The van der Waals surface area contributed by atoms with Crippen LogP contribution in [0.15, 0.2) is 35.0 Å². The molecular weight excluding hydrogens is 266 g/mol. The Hall–Kier alpha value is -2.63. The van der Waals surface area contributed by atoms with Crippen molar-refractivity contribution in [2.24, 2.45) is 0 Å². The number of aromatic amines is 1. The van der Waals surface area contributed by atoms with Crippen molar-refractivity contribution in [2.75, 3.05) is 5.73 Å². The number of nitrogens with one attached hydrogen (secondary N) is 1. The van der Waals surface area contributed by atoms with Gasteiger partial charge in [-0.05, 0) is 30.4 Å². The molecule has 1 aromatic carbocycles. The molecule has 0 radical (unpaired) electrons. The Morgan fingerprint density at radius 3 is 2.90 bits per heavy atom. The first kappa shape index (κ1) is 12.1. The van der Waals surface area contributed by atoms with Gasteiger partial charge >= 0.3 is 0 Å². The number of anilines is 1. The van der Waals surface area contributed by atoms with Crippen molar-refractivity contribution in [1.82, 2.24) is 20.3 Å². The number of benzene rings is 1. The number of hydrogen-bond acceptors (Lipinski definition) is 5. The van der Waals surface area contributed by atoms with Crippen LogP contribution in [0.25, 0.3) is 11.5 Å². The van der Waals surface area contributed by atoms with E-state index in [9.17, 15) is 0 Å². The molecule has 3 N–H and O–H groups in total. The molecule has 0 bridgehead atoms. The number of fused-ring (bicyclic) bond motifs is 1. The largest absolute Gasteiger partial charge is 0.383 e. The Morgan fingerprint density at radius 1 is 1.24 bits per heavy atom. The lowest BCUT2D eigenvalue weighted by molar-refractivity contribution is 0.410. The lowest BCUT2D eigenvalue weighted by atomic mass is 9.83. The van der Waals surface area contributed by atoms with E-state index < -0.39 is 0 Å². The summed E-state index contributed by atoms with van der Waals surface area (Å²) in [6.45, 7) is 0. The summed E-state index contributed by atoms with van der Waals surface area (Å²) in [5.41, 5.74) is 9.24. The normalized spacial score (nSPS) is 17.6. The molecule has 106 valence electrons. The molecule has 4 rings (SSSR count). The molecule has 0 amide bonds. The Kier molecular flexibility index (Phi) is 2.73. The molecule has 0 aliphatic heterocycles. The molecule has 3 aromatic rings. The van der Waals surface area contributed by atoms with Gasteiger partial charge in [0.15, 0.2) is 5.82 Å². The summed E-state index contributed by atoms with van der Waals surface area (Å²) in [5.74, 6) is 1.92. The number of aryl methyl sites for hydroxylation is 1. The number of aromatic nitrogens is 4. The van der Waals surface area contributed by atoms with Crippen molar-refractivity contribution in [3.63, 3.8) is 0 Å². The average molecular weight is 281 g/mol. The third kappa shape index (κ3) is 2.08. The van der Waals surface area contributed by atoms with Crippen molar-refractivity contribution >= 4 is 5.82 Å². The second kappa shape index (κ2) is 4.73. The molecule has 6 nitrogen and oxygen atoms in total. The van der Waals surface area contributed by atoms with Crippen molar-refractivity contribution in [2.45, 2.75) is 25.2 Å². The zero-order valence-electron chi connectivity index (χ0n) is 11.4. The highest BCUT2D eigenvalue weighted by Gasteiger charge is 2.25. The maximum atomic E-state index is 5.78. The highest BCUT2D eigenvalue weighted by molar-refractivity contribution is 5.65. The molecule has 0 spiro atoms. The van der Waals surface area contributed by atoms with E-state index >= 15 is 0 Å². The van der Waals surface area contributed by atoms with Gasteiger partial charge in [-0.2, -0.15) is 10.1 Å². The lowest BCUT2D eigenvalue weighted by Gasteiger charge is -2.21. The van der Waals surface area contributed by atoms with E-state index in [1.54, 1.807) is 6.20 Å². The van der Waals surface area contributed by atoms with Crippen LogP contribution in [0.2, 0.25) is 0 Å². The number of nitrogens with zero attached hydrogens (tertiary/aromatic N) is 3. The first-order valence-electron chi connectivity index (χ1n) is 7.01. The van der Waals surface area contributed by atoms with Crippen molar-refractivity contribution in [1.29, 1.82) is 0 Å². The fourth-order valence-corrected chi connectivity index (χ4v) is 2.89. The fraction of sp³-hybridized carbons (Fsp3) is 0.267.